The van der Waals surface area contributed by atoms with E-state index >= 15 is 0 Å². The van der Waals surface area contributed by atoms with E-state index in [9.17, 15) is 0 Å². The number of benzene rings is 1. The first-order chi connectivity index (χ1) is 9.22. The molecule has 0 unspecified atom stereocenters. The van der Waals surface area contributed by atoms with Crippen LogP contribution in [0.1, 0.15) is 20.8 Å². The smallest absolute Gasteiger partial charge is 0.259 e. The van der Waals surface area contributed by atoms with Gasteiger partial charge in [0.2, 0.25) is 0 Å². The SMILES string of the molecule is CCS/C(=N\Oc1ncnc2ccccc12)C(C)C. The first-order valence-electron chi connectivity index (χ1n) is 6.29. The van der Waals surface area contributed by atoms with E-state index in [-0.39, 0.29) is 0 Å². The van der Waals surface area contributed by atoms with Gasteiger partial charge >= 0.3 is 0 Å². The number of hydrogen-bond acceptors (Lipinski definition) is 5. The maximum atomic E-state index is 5.51. The van der Waals surface area contributed by atoms with Crippen molar-refractivity contribution in [3.63, 3.8) is 0 Å². The maximum absolute atomic E-state index is 5.51. The van der Waals surface area contributed by atoms with E-state index in [4.69, 9.17) is 4.84 Å². The highest BCUT2D eigenvalue weighted by Crippen LogP contribution is 2.21. The van der Waals surface area contributed by atoms with Crippen molar-refractivity contribution in [2.24, 2.45) is 11.1 Å². The van der Waals surface area contributed by atoms with Gasteiger partial charge < -0.3 is 4.84 Å². The van der Waals surface area contributed by atoms with Crippen LogP contribution in [-0.2, 0) is 0 Å². The molecule has 0 aliphatic carbocycles. The van der Waals surface area contributed by atoms with Gasteiger partial charge in [-0.1, -0.05) is 38.1 Å². The topological polar surface area (TPSA) is 47.4 Å². The Morgan fingerprint density at radius 3 is 2.84 bits per heavy atom. The number of fused-ring (bicyclic) bond motifs is 1. The zero-order chi connectivity index (χ0) is 13.7. The summed E-state index contributed by atoms with van der Waals surface area (Å²) in [5.41, 5.74) is 0.858. The molecule has 1 aromatic carbocycles. The van der Waals surface area contributed by atoms with Gasteiger partial charge in [-0.2, -0.15) is 4.98 Å². The second-order valence-corrected chi connectivity index (χ2v) is 5.59. The number of para-hydroxylation sites is 1. The van der Waals surface area contributed by atoms with Crippen molar-refractivity contribution < 1.29 is 4.84 Å². The monoisotopic (exact) mass is 275 g/mol. The zero-order valence-corrected chi connectivity index (χ0v) is 12.1. The van der Waals surface area contributed by atoms with Crippen molar-refractivity contribution in [2.75, 3.05) is 5.75 Å². The van der Waals surface area contributed by atoms with Crippen LogP contribution in [0.2, 0.25) is 0 Å². The Balaban J connectivity index is 2.28. The highest BCUT2D eigenvalue weighted by atomic mass is 32.2. The number of thioether (sulfide) groups is 1. The molecule has 0 saturated carbocycles. The minimum Gasteiger partial charge on any atom is -0.335 e. The minimum absolute atomic E-state index is 0.345. The van der Waals surface area contributed by atoms with Crippen LogP contribution in [0, 0.1) is 5.92 Å². The van der Waals surface area contributed by atoms with Crippen molar-refractivity contribution in [2.45, 2.75) is 20.8 Å². The number of aromatic nitrogens is 2. The number of nitrogens with zero attached hydrogens (tertiary/aromatic N) is 3. The third-order valence-corrected chi connectivity index (χ3v) is 3.64. The highest BCUT2D eigenvalue weighted by Gasteiger charge is 2.08. The molecule has 0 amide bonds. The molecule has 100 valence electrons. The molecular formula is C14H17N3OS. The maximum Gasteiger partial charge on any atom is 0.259 e. The molecule has 0 spiro atoms. The number of oxime groups is 1. The molecule has 0 fully saturated rings. The Bertz CT molecular complexity index is 578. The second-order valence-electron chi connectivity index (χ2n) is 4.30. The summed E-state index contributed by atoms with van der Waals surface area (Å²) in [6.45, 7) is 6.30. The lowest BCUT2D eigenvalue weighted by Crippen LogP contribution is -2.05. The van der Waals surface area contributed by atoms with Crippen LogP contribution >= 0.6 is 11.8 Å². The van der Waals surface area contributed by atoms with Crippen LogP contribution in [0.3, 0.4) is 0 Å². The van der Waals surface area contributed by atoms with Crippen molar-refractivity contribution in [1.29, 1.82) is 0 Å². The lowest BCUT2D eigenvalue weighted by atomic mass is 10.2. The highest BCUT2D eigenvalue weighted by molar-refractivity contribution is 8.13. The standard InChI is InChI=1S/C14H17N3OS/c1-4-19-14(10(2)3)17-18-13-11-7-5-6-8-12(11)15-9-16-13/h5-10H,4H2,1-3H3/b17-14-. The molecule has 0 saturated heterocycles. The molecule has 2 aromatic rings. The fourth-order valence-corrected chi connectivity index (χ4v) is 2.31. The van der Waals surface area contributed by atoms with E-state index < -0.39 is 0 Å². The molecule has 5 heteroatoms. The van der Waals surface area contributed by atoms with Gasteiger partial charge in [0.15, 0.2) is 0 Å². The van der Waals surface area contributed by atoms with Gasteiger partial charge in [0.05, 0.1) is 10.9 Å². The summed E-state index contributed by atoms with van der Waals surface area (Å²) in [7, 11) is 0. The first kappa shape index (κ1) is 13.8. The van der Waals surface area contributed by atoms with Crippen molar-refractivity contribution >= 4 is 27.7 Å². The summed E-state index contributed by atoms with van der Waals surface area (Å²) in [5.74, 6) is 1.82. The first-order valence-corrected chi connectivity index (χ1v) is 7.28. The Morgan fingerprint density at radius 1 is 1.32 bits per heavy atom. The molecule has 0 atom stereocenters. The van der Waals surface area contributed by atoms with Gasteiger partial charge in [-0.3, -0.25) is 0 Å². The molecule has 0 bridgehead atoms. The number of rotatable bonds is 4. The molecule has 4 nitrogen and oxygen atoms in total. The Labute approximate surface area is 117 Å². The van der Waals surface area contributed by atoms with E-state index in [0.717, 1.165) is 21.7 Å². The largest absolute Gasteiger partial charge is 0.335 e. The molecule has 1 aromatic heterocycles. The van der Waals surface area contributed by atoms with Gasteiger partial charge in [0, 0.05) is 5.92 Å². The lowest BCUT2D eigenvalue weighted by molar-refractivity contribution is 0.330. The van der Waals surface area contributed by atoms with Gasteiger partial charge in [-0.15, -0.1) is 11.8 Å². The van der Waals surface area contributed by atoms with Crippen LogP contribution in [0.5, 0.6) is 5.88 Å². The third kappa shape index (κ3) is 3.44. The quantitative estimate of drug-likeness (QED) is 0.484. The summed E-state index contributed by atoms with van der Waals surface area (Å²) in [6.07, 6.45) is 1.50. The van der Waals surface area contributed by atoms with E-state index in [0.29, 0.717) is 11.8 Å². The normalized spacial score (nSPS) is 12.1. The Morgan fingerprint density at radius 2 is 2.11 bits per heavy atom. The van der Waals surface area contributed by atoms with Gasteiger partial charge in [-0.05, 0) is 17.9 Å². The summed E-state index contributed by atoms with van der Waals surface area (Å²) in [5, 5.41) is 6.07. The Kier molecular flexibility index (Phi) is 4.74. The summed E-state index contributed by atoms with van der Waals surface area (Å²) in [4.78, 5) is 13.9. The predicted octanol–water partition coefficient (Wildman–Crippen LogP) is 3.73. The van der Waals surface area contributed by atoms with Crippen LogP contribution in [-0.4, -0.2) is 20.8 Å². The zero-order valence-electron chi connectivity index (χ0n) is 11.3. The van der Waals surface area contributed by atoms with Gasteiger partial charge in [0.1, 0.15) is 11.4 Å². The number of hydrogen-bond donors (Lipinski definition) is 0. The van der Waals surface area contributed by atoms with Gasteiger partial charge in [0.25, 0.3) is 5.88 Å². The average molecular weight is 275 g/mol. The van der Waals surface area contributed by atoms with E-state index in [1.807, 2.05) is 24.3 Å². The fraction of sp³-hybridized carbons (Fsp3) is 0.357. The summed E-state index contributed by atoms with van der Waals surface area (Å²) < 4.78 is 0. The molecule has 2 rings (SSSR count). The van der Waals surface area contributed by atoms with Crippen molar-refractivity contribution in [3.05, 3.63) is 30.6 Å². The molecule has 0 aliphatic heterocycles. The molecule has 19 heavy (non-hydrogen) atoms. The third-order valence-electron chi connectivity index (χ3n) is 2.51. The van der Waals surface area contributed by atoms with Crippen molar-refractivity contribution in [1.82, 2.24) is 9.97 Å². The molecule has 0 aliphatic rings. The van der Waals surface area contributed by atoms with Crippen LogP contribution < -0.4 is 4.84 Å². The molecule has 0 radical (unpaired) electrons. The van der Waals surface area contributed by atoms with E-state index in [2.05, 4.69) is 35.9 Å². The second kappa shape index (κ2) is 6.52. The van der Waals surface area contributed by atoms with Crippen LogP contribution in [0.15, 0.2) is 35.7 Å². The summed E-state index contributed by atoms with van der Waals surface area (Å²) >= 11 is 1.69. The molecular weight excluding hydrogens is 258 g/mol. The van der Waals surface area contributed by atoms with Crippen LogP contribution in [0.4, 0.5) is 0 Å². The summed E-state index contributed by atoms with van der Waals surface area (Å²) in [6, 6.07) is 7.74. The van der Waals surface area contributed by atoms with E-state index in [1.54, 1.807) is 11.8 Å². The average Bonchev–Trinajstić information content (AvgIpc) is 2.43. The minimum atomic E-state index is 0.345. The lowest BCUT2D eigenvalue weighted by Gasteiger charge is -2.08. The predicted molar refractivity (Wildman–Crippen MR) is 80.6 cm³/mol. The fourth-order valence-electron chi connectivity index (χ4n) is 1.59. The Hall–Kier alpha value is -1.62. The molecule has 0 N–H and O–H groups in total. The van der Waals surface area contributed by atoms with Crippen LogP contribution in [0.25, 0.3) is 10.9 Å². The van der Waals surface area contributed by atoms with E-state index in [1.165, 1.54) is 6.33 Å². The van der Waals surface area contributed by atoms with Gasteiger partial charge in [-0.25, -0.2) is 4.98 Å². The van der Waals surface area contributed by atoms with Crippen molar-refractivity contribution in [3.8, 4) is 5.88 Å². The molecule has 1 heterocycles.